The standard InChI is InChI=1S/C12H7Br2FOS/c13-9-3-7(1-2-10(9)15)4-11(16)8-5-12(14)17-6-8/h1-3,5-6H,4H2. The third kappa shape index (κ3) is 3.24. The van der Waals surface area contributed by atoms with Crippen molar-refractivity contribution < 1.29 is 9.18 Å². The highest BCUT2D eigenvalue weighted by Crippen LogP contribution is 2.23. The summed E-state index contributed by atoms with van der Waals surface area (Å²) in [5.74, 6) is -0.287. The van der Waals surface area contributed by atoms with E-state index in [9.17, 15) is 9.18 Å². The van der Waals surface area contributed by atoms with Gasteiger partial charge in [0.1, 0.15) is 5.82 Å². The van der Waals surface area contributed by atoms with Crippen LogP contribution in [0.2, 0.25) is 0 Å². The van der Waals surface area contributed by atoms with Crippen LogP contribution < -0.4 is 0 Å². The Labute approximate surface area is 119 Å². The van der Waals surface area contributed by atoms with E-state index in [1.54, 1.807) is 18.2 Å². The number of Topliss-reactive ketones (excluding diaryl/α,β-unsaturated/α-hetero) is 1. The van der Waals surface area contributed by atoms with Gasteiger partial charge >= 0.3 is 0 Å². The molecule has 0 fully saturated rings. The van der Waals surface area contributed by atoms with Crippen molar-refractivity contribution in [2.75, 3.05) is 0 Å². The van der Waals surface area contributed by atoms with Crippen molar-refractivity contribution in [2.45, 2.75) is 6.42 Å². The first kappa shape index (κ1) is 12.9. The molecule has 0 aliphatic rings. The van der Waals surface area contributed by atoms with Gasteiger partial charge in [0.2, 0.25) is 0 Å². The van der Waals surface area contributed by atoms with Crippen LogP contribution in [0.25, 0.3) is 0 Å². The van der Waals surface area contributed by atoms with Crippen molar-refractivity contribution in [3.8, 4) is 0 Å². The molecule has 2 aromatic rings. The summed E-state index contributed by atoms with van der Waals surface area (Å²) >= 11 is 7.90. The van der Waals surface area contributed by atoms with Crippen LogP contribution in [0.15, 0.2) is 37.9 Å². The Bertz CT molecular complexity index is 565. The topological polar surface area (TPSA) is 17.1 Å². The highest BCUT2D eigenvalue weighted by Gasteiger charge is 2.10. The normalized spacial score (nSPS) is 10.5. The molecule has 0 amide bonds. The lowest BCUT2D eigenvalue weighted by atomic mass is 10.1. The van der Waals surface area contributed by atoms with Crippen LogP contribution in [-0.4, -0.2) is 5.78 Å². The minimum absolute atomic E-state index is 0.0328. The maximum atomic E-state index is 13.0. The molecule has 0 bridgehead atoms. The number of carbonyl (C=O) groups excluding carboxylic acids is 1. The van der Waals surface area contributed by atoms with E-state index >= 15 is 0 Å². The fourth-order valence-electron chi connectivity index (χ4n) is 1.39. The van der Waals surface area contributed by atoms with E-state index in [2.05, 4.69) is 31.9 Å². The average Bonchev–Trinajstić information content (AvgIpc) is 2.70. The van der Waals surface area contributed by atoms with E-state index in [4.69, 9.17) is 0 Å². The quantitative estimate of drug-likeness (QED) is 0.699. The molecule has 0 N–H and O–H groups in total. The van der Waals surface area contributed by atoms with Gasteiger partial charge in [-0.1, -0.05) is 6.07 Å². The SMILES string of the molecule is O=C(Cc1ccc(F)c(Br)c1)c1csc(Br)c1. The molecule has 0 radical (unpaired) electrons. The van der Waals surface area contributed by atoms with Crippen molar-refractivity contribution in [3.05, 3.63) is 54.8 Å². The van der Waals surface area contributed by atoms with Crippen molar-refractivity contribution >= 4 is 49.0 Å². The predicted molar refractivity (Wildman–Crippen MR) is 74.2 cm³/mol. The minimum Gasteiger partial charge on any atom is -0.294 e. The van der Waals surface area contributed by atoms with Gasteiger partial charge in [0.25, 0.3) is 0 Å². The monoisotopic (exact) mass is 376 g/mol. The fourth-order valence-corrected chi connectivity index (χ4v) is 2.98. The van der Waals surface area contributed by atoms with E-state index in [1.807, 2.05) is 5.38 Å². The van der Waals surface area contributed by atoms with E-state index in [1.165, 1.54) is 17.4 Å². The first-order valence-corrected chi connectivity index (χ1v) is 7.24. The molecule has 0 aliphatic carbocycles. The molecular weight excluding hydrogens is 371 g/mol. The molecular formula is C12H7Br2FOS. The van der Waals surface area contributed by atoms with Gasteiger partial charge in [-0.2, -0.15) is 0 Å². The molecule has 0 atom stereocenters. The Morgan fingerprint density at radius 1 is 1.29 bits per heavy atom. The molecule has 0 aliphatic heterocycles. The third-order valence-corrected chi connectivity index (χ3v) is 4.35. The number of hydrogen-bond acceptors (Lipinski definition) is 2. The van der Waals surface area contributed by atoms with Gasteiger partial charge in [-0.3, -0.25) is 4.79 Å². The lowest BCUT2D eigenvalue weighted by Crippen LogP contribution is -2.02. The number of benzene rings is 1. The summed E-state index contributed by atoms with van der Waals surface area (Å²) in [6, 6.07) is 6.41. The summed E-state index contributed by atoms with van der Waals surface area (Å²) in [4.78, 5) is 11.9. The molecule has 5 heteroatoms. The van der Waals surface area contributed by atoms with Crippen LogP contribution in [0.1, 0.15) is 15.9 Å². The first-order chi connectivity index (χ1) is 8.06. The maximum Gasteiger partial charge on any atom is 0.168 e. The third-order valence-electron chi connectivity index (χ3n) is 2.24. The summed E-state index contributed by atoms with van der Waals surface area (Å²) in [6.45, 7) is 0. The van der Waals surface area contributed by atoms with Crippen molar-refractivity contribution in [1.29, 1.82) is 0 Å². The second-order valence-electron chi connectivity index (χ2n) is 3.49. The summed E-state index contributed by atoms with van der Waals surface area (Å²) in [7, 11) is 0. The molecule has 88 valence electrons. The Balaban J connectivity index is 2.15. The second kappa shape index (κ2) is 5.42. The van der Waals surface area contributed by atoms with Crippen LogP contribution in [0.3, 0.4) is 0 Å². The Morgan fingerprint density at radius 2 is 2.06 bits per heavy atom. The summed E-state index contributed by atoms with van der Waals surface area (Å²) < 4.78 is 14.3. The molecule has 0 saturated heterocycles. The largest absolute Gasteiger partial charge is 0.294 e. The average molecular weight is 378 g/mol. The zero-order chi connectivity index (χ0) is 12.4. The number of thiophene rings is 1. The van der Waals surface area contributed by atoms with Crippen LogP contribution >= 0.6 is 43.2 Å². The van der Waals surface area contributed by atoms with Crippen molar-refractivity contribution in [3.63, 3.8) is 0 Å². The first-order valence-electron chi connectivity index (χ1n) is 4.77. The Morgan fingerprint density at radius 3 is 2.65 bits per heavy atom. The number of carbonyl (C=O) groups is 1. The van der Waals surface area contributed by atoms with E-state index in [-0.39, 0.29) is 18.0 Å². The number of halogens is 3. The van der Waals surface area contributed by atoms with Gasteiger partial charge < -0.3 is 0 Å². The van der Waals surface area contributed by atoms with E-state index < -0.39 is 0 Å². The van der Waals surface area contributed by atoms with Gasteiger partial charge in [0.05, 0.1) is 8.26 Å². The molecule has 0 saturated carbocycles. The van der Waals surface area contributed by atoms with E-state index in [0.717, 1.165) is 9.35 Å². The molecule has 1 aromatic carbocycles. The highest BCUT2D eigenvalue weighted by molar-refractivity contribution is 9.11. The Kier molecular flexibility index (Phi) is 4.12. The zero-order valence-corrected chi connectivity index (χ0v) is 12.5. The molecule has 1 aromatic heterocycles. The number of rotatable bonds is 3. The van der Waals surface area contributed by atoms with Crippen LogP contribution in [0.4, 0.5) is 4.39 Å². The lowest BCUT2D eigenvalue weighted by Gasteiger charge is -2.01. The molecule has 1 heterocycles. The zero-order valence-electron chi connectivity index (χ0n) is 8.54. The predicted octanol–water partition coefficient (Wildman–Crippen LogP) is 4.84. The number of ketones is 1. The van der Waals surface area contributed by atoms with Crippen LogP contribution in [-0.2, 0) is 6.42 Å². The smallest absolute Gasteiger partial charge is 0.168 e. The summed E-state index contributed by atoms with van der Waals surface area (Å²) in [5.41, 5.74) is 1.48. The fraction of sp³-hybridized carbons (Fsp3) is 0.0833. The highest BCUT2D eigenvalue weighted by atomic mass is 79.9. The lowest BCUT2D eigenvalue weighted by molar-refractivity contribution is 0.0993. The molecule has 17 heavy (non-hydrogen) atoms. The molecule has 0 spiro atoms. The molecule has 0 unspecified atom stereocenters. The number of hydrogen-bond donors (Lipinski definition) is 0. The summed E-state index contributed by atoms with van der Waals surface area (Å²) in [6.07, 6.45) is 0.280. The van der Waals surface area contributed by atoms with Crippen LogP contribution in [0.5, 0.6) is 0 Å². The van der Waals surface area contributed by atoms with Gasteiger partial charge in [0, 0.05) is 17.4 Å². The van der Waals surface area contributed by atoms with Crippen molar-refractivity contribution in [1.82, 2.24) is 0 Å². The van der Waals surface area contributed by atoms with Gasteiger partial charge in [-0.25, -0.2) is 4.39 Å². The van der Waals surface area contributed by atoms with Gasteiger partial charge in [0.15, 0.2) is 5.78 Å². The minimum atomic E-state index is -0.320. The van der Waals surface area contributed by atoms with E-state index in [0.29, 0.717) is 10.0 Å². The second-order valence-corrected chi connectivity index (χ2v) is 6.63. The van der Waals surface area contributed by atoms with Crippen LogP contribution in [0, 0.1) is 5.82 Å². The van der Waals surface area contributed by atoms with Crippen molar-refractivity contribution in [2.24, 2.45) is 0 Å². The maximum absolute atomic E-state index is 13.0. The Hall–Kier alpha value is -0.520. The van der Waals surface area contributed by atoms with Gasteiger partial charge in [-0.15, -0.1) is 11.3 Å². The molecule has 2 rings (SSSR count). The summed E-state index contributed by atoms with van der Waals surface area (Å²) in [5, 5.41) is 1.81. The molecule has 1 nitrogen and oxygen atoms in total. The van der Waals surface area contributed by atoms with Gasteiger partial charge in [-0.05, 0) is 55.6 Å².